The van der Waals surface area contributed by atoms with Gasteiger partial charge in [0.2, 0.25) is 0 Å². The molecular weight excluding hydrogens is 598 g/mol. The lowest BCUT2D eigenvalue weighted by molar-refractivity contribution is -0.110. The molecule has 0 radical (unpaired) electrons. The van der Waals surface area contributed by atoms with E-state index < -0.39 is 10.0 Å². The highest BCUT2D eigenvalue weighted by Gasteiger charge is 2.26. The predicted octanol–water partition coefficient (Wildman–Crippen LogP) is 5.53. The van der Waals surface area contributed by atoms with Crippen LogP contribution in [0.2, 0.25) is 5.02 Å². The summed E-state index contributed by atoms with van der Waals surface area (Å²) in [4.78, 5) is 30.9. The van der Waals surface area contributed by atoms with Gasteiger partial charge in [0.15, 0.2) is 5.78 Å². The van der Waals surface area contributed by atoms with Crippen LogP contribution in [-0.2, 0) is 14.8 Å². The quantitative estimate of drug-likeness (QED) is 0.174. The molecule has 11 heteroatoms. The van der Waals surface area contributed by atoms with Gasteiger partial charge < -0.3 is 20.4 Å². The molecule has 2 aliphatic heterocycles. The third kappa shape index (κ3) is 6.33. The van der Waals surface area contributed by atoms with Crippen LogP contribution in [0.3, 0.4) is 0 Å². The van der Waals surface area contributed by atoms with E-state index in [-0.39, 0.29) is 22.3 Å². The highest BCUT2D eigenvalue weighted by molar-refractivity contribution is 7.92. The van der Waals surface area contributed by atoms with Crippen LogP contribution in [0.4, 0.5) is 22.7 Å². The van der Waals surface area contributed by atoms with Crippen LogP contribution in [0.15, 0.2) is 102 Å². The van der Waals surface area contributed by atoms with E-state index in [2.05, 4.69) is 44.3 Å². The number of hydrogen-bond donors (Lipinski definition) is 3. The third-order valence-corrected chi connectivity index (χ3v) is 9.33. The Morgan fingerprint density at radius 1 is 0.864 bits per heavy atom. The van der Waals surface area contributed by atoms with Crippen LogP contribution in [0.5, 0.6) is 0 Å². The number of hydrogen-bond acceptors (Lipinski definition) is 7. The summed E-state index contributed by atoms with van der Waals surface area (Å²) in [5, 5.41) is 6.48. The molecule has 0 saturated carbocycles. The molecular formula is C33H30ClN5O4S. The summed E-state index contributed by atoms with van der Waals surface area (Å²) in [5.74, 6) is -0.588. The number of nitrogens with zero attached hydrogens (tertiary/aromatic N) is 2. The highest BCUT2D eigenvalue weighted by atomic mass is 35.5. The molecule has 0 spiro atoms. The Hall–Kier alpha value is -4.64. The minimum absolute atomic E-state index is 0.0500. The van der Waals surface area contributed by atoms with Crippen LogP contribution in [-0.4, -0.2) is 58.2 Å². The molecule has 2 heterocycles. The number of ketones is 1. The number of likely N-dealkylation sites (N-methyl/N-ethyl adjacent to an activating group) is 1. The average Bonchev–Trinajstić information content (AvgIpc) is 3.34. The van der Waals surface area contributed by atoms with Crippen LogP contribution in [0.1, 0.15) is 21.5 Å². The van der Waals surface area contributed by atoms with E-state index in [1.807, 2.05) is 12.1 Å². The summed E-state index contributed by atoms with van der Waals surface area (Å²) in [7, 11) is -1.74. The summed E-state index contributed by atoms with van der Waals surface area (Å²) in [6.45, 7) is 4.05. The first-order chi connectivity index (χ1) is 21.2. The minimum Gasteiger partial charge on any atom is -0.369 e. The van der Waals surface area contributed by atoms with Crippen molar-refractivity contribution in [3.05, 3.63) is 119 Å². The molecule has 0 atom stereocenters. The van der Waals surface area contributed by atoms with E-state index in [1.54, 1.807) is 42.6 Å². The number of fused-ring (bicyclic) bond motifs is 1. The van der Waals surface area contributed by atoms with Gasteiger partial charge in [0.25, 0.3) is 15.9 Å². The first-order valence-corrected chi connectivity index (χ1v) is 15.9. The largest absolute Gasteiger partial charge is 0.369 e. The summed E-state index contributed by atoms with van der Waals surface area (Å²) < 4.78 is 28.1. The molecule has 9 nitrogen and oxygen atoms in total. The highest BCUT2D eigenvalue weighted by Crippen LogP contribution is 2.33. The van der Waals surface area contributed by atoms with Crippen LogP contribution in [0.25, 0.3) is 5.57 Å². The number of nitrogens with one attached hydrogen (secondary N) is 3. The van der Waals surface area contributed by atoms with Crippen molar-refractivity contribution >= 4 is 61.6 Å². The molecule has 0 bridgehead atoms. The Bertz CT molecular complexity index is 1870. The van der Waals surface area contributed by atoms with Crippen molar-refractivity contribution in [2.75, 3.05) is 53.5 Å². The van der Waals surface area contributed by atoms with E-state index in [0.29, 0.717) is 33.0 Å². The normalized spacial score (nSPS) is 16.0. The zero-order valence-electron chi connectivity index (χ0n) is 23.9. The molecule has 44 heavy (non-hydrogen) atoms. The van der Waals surface area contributed by atoms with Crippen molar-refractivity contribution < 1.29 is 18.0 Å². The summed E-state index contributed by atoms with van der Waals surface area (Å²) in [5.41, 5.74) is 4.58. The molecule has 4 aromatic rings. The maximum Gasteiger partial charge on any atom is 0.261 e. The molecule has 1 saturated heterocycles. The fourth-order valence-electron chi connectivity index (χ4n) is 5.19. The third-order valence-electron chi connectivity index (χ3n) is 7.68. The number of rotatable bonds is 8. The lowest BCUT2D eigenvalue weighted by Crippen LogP contribution is -2.44. The monoisotopic (exact) mass is 627 g/mol. The van der Waals surface area contributed by atoms with Gasteiger partial charge in [-0.2, -0.15) is 0 Å². The van der Waals surface area contributed by atoms with E-state index in [9.17, 15) is 18.0 Å². The Balaban J connectivity index is 1.15. The first kappa shape index (κ1) is 29.4. The first-order valence-electron chi connectivity index (χ1n) is 14.1. The van der Waals surface area contributed by atoms with Crippen molar-refractivity contribution in [1.82, 2.24) is 4.90 Å². The van der Waals surface area contributed by atoms with Crippen LogP contribution < -0.4 is 20.3 Å². The van der Waals surface area contributed by atoms with Gasteiger partial charge in [0.1, 0.15) is 0 Å². The van der Waals surface area contributed by atoms with Gasteiger partial charge in [-0.15, -0.1) is 0 Å². The number of halogens is 1. The molecule has 3 N–H and O–H groups in total. The fraction of sp³-hybridized carbons (Fsp3) is 0.152. The van der Waals surface area contributed by atoms with Gasteiger partial charge >= 0.3 is 0 Å². The van der Waals surface area contributed by atoms with Gasteiger partial charge in [0.05, 0.1) is 10.5 Å². The molecule has 2 aliphatic rings. The molecule has 0 aliphatic carbocycles. The van der Waals surface area contributed by atoms with Crippen molar-refractivity contribution in [3.8, 4) is 0 Å². The molecule has 0 unspecified atom stereocenters. The Kier molecular flexibility index (Phi) is 8.13. The topological polar surface area (TPSA) is 111 Å². The van der Waals surface area contributed by atoms with Gasteiger partial charge in [-0.3, -0.25) is 14.3 Å². The van der Waals surface area contributed by atoms with Crippen molar-refractivity contribution in [1.29, 1.82) is 0 Å². The molecule has 1 amide bonds. The lowest BCUT2D eigenvalue weighted by Gasteiger charge is -2.34. The molecule has 4 aromatic carbocycles. The maximum atomic E-state index is 13.4. The molecule has 0 aromatic heterocycles. The smallest absolute Gasteiger partial charge is 0.261 e. The number of carbonyl (C=O) groups is 2. The van der Waals surface area contributed by atoms with Crippen molar-refractivity contribution in [3.63, 3.8) is 0 Å². The van der Waals surface area contributed by atoms with E-state index >= 15 is 0 Å². The zero-order chi connectivity index (χ0) is 30.8. The van der Waals surface area contributed by atoms with Crippen molar-refractivity contribution in [2.45, 2.75) is 4.90 Å². The Morgan fingerprint density at radius 2 is 1.57 bits per heavy atom. The summed E-state index contributed by atoms with van der Waals surface area (Å²) in [6, 6.07) is 25.2. The number of carbonyl (C=O) groups excluding carboxylic acids is 2. The molecule has 6 rings (SSSR count). The van der Waals surface area contributed by atoms with E-state index in [0.717, 1.165) is 31.9 Å². The SMILES string of the molecule is CN1CCN(c2ccc(NC=C3C(=O)Nc4cc(C(=O)c5cccc(NS(=O)(=O)c6ccc(Cl)cc6)c5)ccc43)cc2)CC1. The Morgan fingerprint density at radius 3 is 2.30 bits per heavy atom. The van der Waals surface area contributed by atoms with Gasteiger partial charge in [-0.25, -0.2) is 8.42 Å². The number of benzene rings is 4. The van der Waals surface area contributed by atoms with E-state index in [4.69, 9.17) is 11.6 Å². The fourth-order valence-corrected chi connectivity index (χ4v) is 6.36. The second kappa shape index (κ2) is 12.2. The second-order valence-electron chi connectivity index (χ2n) is 10.7. The molecule has 224 valence electrons. The predicted molar refractivity (Wildman–Crippen MR) is 175 cm³/mol. The minimum atomic E-state index is -3.88. The lowest BCUT2D eigenvalue weighted by atomic mass is 9.99. The second-order valence-corrected chi connectivity index (χ2v) is 12.8. The molecule has 1 fully saturated rings. The number of amides is 1. The number of piperazine rings is 1. The van der Waals surface area contributed by atoms with Crippen LogP contribution in [0, 0.1) is 0 Å². The summed E-state index contributed by atoms with van der Waals surface area (Å²) in [6.07, 6.45) is 1.67. The standard InChI is InChI=1S/C33H30ClN5O4S/c1-38-15-17-39(18-16-38)27-10-8-25(9-11-27)35-21-30-29-14-5-23(20-31(29)36-33(30)41)32(40)22-3-2-4-26(19-22)37-44(42,43)28-12-6-24(34)7-13-28/h2-14,19-21,35,37H,15-18H2,1H3,(H,36,41). The van der Waals surface area contributed by atoms with Gasteiger partial charge in [0, 0.05) is 76.8 Å². The summed E-state index contributed by atoms with van der Waals surface area (Å²) >= 11 is 5.87. The van der Waals surface area contributed by atoms with Gasteiger partial charge in [-0.05, 0) is 73.8 Å². The number of sulfonamides is 1. The zero-order valence-corrected chi connectivity index (χ0v) is 25.5. The number of anilines is 4. The van der Waals surface area contributed by atoms with Gasteiger partial charge in [-0.1, -0.05) is 35.9 Å². The van der Waals surface area contributed by atoms with E-state index in [1.165, 1.54) is 36.0 Å². The Labute approximate surface area is 261 Å². The van der Waals surface area contributed by atoms with Crippen molar-refractivity contribution in [2.24, 2.45) is 0 Å². The maximum absolute atomic E-state index is 13.4. The van der Waals surface area contributed by atoms with Crippen LogP contribution >= 0.6 is 11.6 Å². The average molecular weight is 628 g/mol.